The van der Waals surface area contributed by atoms with E-state index in [2.05, 4.69) is 14.9 Å². The van der Waals surface area contributed by atoms with Crippen LogP contribution in [0.5, 0.6) is 5.75 Å². The van der Waals surface area contributed by atoms with Crippen LogP contribution in [-0.4, -0.2) is 33.7 Å². The van der Waals surface area contributed by atoms with Crippen molar-refractivity contribution in [1.82, 2.24) is 9.59 Å². The highest BCUT2D eigenvalue weighted by molar-refractivity contribution is 7.14. The zero-order valence-electron chi connectivity index (χ0n) is 14.8. The first kappa shape index (κ1) is 19.3. The molecule has 4 rings (SSSR count). The number of carboxylic acids is 1. The first-order valence-electron chi connectivity index (χ1n) is 8.20. The summed E-state index contributed by atoms with van der Waals surface area (Å²) in [6.45, 7) is 0. The molecule has 2 N–H and O–H groups in total. The lowest BCUT2D eigenvalue weighted by Crippen LogP contribution is -2.14. The number of anilines is 1. The normalized spacial score (nSPS) is 10.8. The maximum Gasteiger partial charge on any atom is 0.339 e. The Hall–Kier alpha value is -3.01. The van der Waals surface area contributed by atoms with Gasteiger partial charge in [-0.05, 0) is 47.4 Å². The van der Waals surface area contributed by atoms with E-state index < -0.39 is 11.9 Å². The highest BCUT2D eigenvalue weighted by Crippen LogP contribution is 2.39. The number of ether oxygens (including phenoxy) is 1. The largest absolute Gasteiger partial charge is 0.495 e. The number of amides is 1. The predicted molar refractivity (Wildman–Crippen MR) is 114 cm³/mol. The van der Waals surface area contributed by atoms with E-state index in [0.717, 1.165) is 4.70 Å². The molecule has 0 fully saturated rings. The fourth-order valence-electron chi connectivity index (χ4n) is 2.79. The van der Waals surface area contributed by atoms with E-state index in [-0.39, 0.29) is 11.3 Å². The Labute approximate surface area is 177 Å². The third kappa shape index (κ3) is 3.67. The summed E-state index contributed by atoms with van der Waals surface area (Å²) >= 11 is 8.50. The van der Waals surface area contributed by atoms with Crippen molar-refractivity contribution in [3.63, 3.8) is 0 Å². The lowest BCUT2D eigenvalue weighted by atomic mass is 10.1. The number of fused-ring (bicyclic) bond motifs is 1. The average molecular weight is 446 g/mol. The van der Waals surface area contributed by atoms with Gasteiger partial charge in [-0.25, -0.2) is 4.79 Å². The van der Waals surface area contributed by atoms with Crippen LogP contribution in [0, 0.1) is 0 Å². The summed E-state index contributed by atoms with van der Waals surface area (Å²) in [6, 6.07) is 10.0. The second-order valence-electron chi connectivity index (χ2n) is 5.92. The molecule has 0 aliphatic rings. The van der Waals surface area contributed by atoms with Crippen LogP contribution >= 0.6 is 34.5 Å². The Morgan fingerprint density at radius 3 is 2.79 bits per heavy atom. The minimum atomic E-state index is -1.15. The number of hydrogen-bond acceptors (Lipinski definition) is 7. The van der Waals surface area contributed by atoms with Gasteiger partial charge in [0.1, 0.15) is 16.8 Å². The summed E-state index contributed by atoms with van der Waals surface area (Å²) in [6.07, 6.45) is 0. The molecule has 7 nitrogen and oxygen atoms in total. The summed E-state index contributed by atoms with van der Waals surface area (Å²) in [5.74, 6) is -1.14. The molecule has 29 heavy (non-hydrogen) atoms. The lowest BCUT2D eigenvalue weighted by molar-refractivity contribution is 0.0699. The van der Waals surface area contributed by atoms with Crippen LogP contribution in [0.3, 0.4) is 0 Å². The van der Waals surface area contributed by atoms with Gasteiger partial charge in [0, 0.05) is 10.9 Å². The number of benzene rings is 2. The number of rotatable bonds is 5. The number of aromatic nitrogens is 2. The van der Waals surface area contributed by atoms with Crippen molar-refractivity contribution in [2.45, 2.75) is 0 Å². The second-order valence-corrected chi connectivity index (χ2v) is 7.99. The molecule has 0 bridgehead atoms. The van der Waals surface area contributed by atoms with Crippen molar-refractivity contribution in [3.8, 4) is 16.2 Å². The molecule has 0 spiro atoms. The fraction of sp³-hybridized carbons (Fsp3) is 0.0526. The maximum absolute atomic E-state index is 12.7. The Morgan fingerprint density at radius 1 is 1.21 bits per heavy atom. The van der Waals surface area contributed by atoms with Gasteiger partial charge in [0.25, 0.3) is 5.91 Å². The molecule has 2 aromatic carbocycles. The number of aromatic carboxylic acids is 1. The minimum absolute atomic E-state index is 0.00382. The molecule has 0 aliphatic heterocycles. The molecule has 0 aliphatic carbocycles. The first-order chi connectivity index (χ1) is 14.0. The number of carboxylic acid groups (broad SMARTS) is 1. The number of methoxy groups -OCH3 is 1. The quantitative estimate of drug-likeness (QED) is 0.446. The molecule has 0 unspecified atom stereocenters. The topological polar surface area (TPSA) is 101 Å². The molecule has 0 saturated heterocycles. The van der Waals surface area contributed by atoms with Crippen LogP contribution in [0.1, 0.15) is 20.7 Å². The summed E-state index contributed by atoms with van der Waals surface area (Å²) in [4.78, 5) is 25.1. The Bertz CT molecular complexity index is 1250. The smallest absolute Gasteiger partial charge is 0.339 e. The molecule has 146 valence electrons. The molecule has 0 radical (unpaired) electrons. The number of hydrogen-bond donors (Lipinski definition) is 2. The third-order valence-electron chi connectivity index (χ3n) is 4.18. The van der Waals surface area contributed by atoms with E-state index in [1.165, 1.54) is 30.0 Å². The predicted octanol–water partition coefficient (Wildman–Crippen LogP) is 5.03. The van der Waals surface area contributed by atoms with E-state index in [4.69, 9.17) is 16.3 Å². The molecule has 10 heteroatoms. The van der Waals surface area contributed by atoms with Gasteiger partial charge in [-0.2, -0.15) is 0 Å². The summed E-state index contributed by atoms with van der Waals surface area (Å²) in [7, 11) is 1.48. The average Bonchev–Trinajstić information content (AvgIpc) is 3.34. The number of carbonyl (C=O) groups is 2. The van der Waals surface area contributed by atoms with Crippen molar-refractivity contribution in [2.24, 2.45) is 0 Å². The van der Waals surface area contributed by atoms with Gasteiger partial charge in [-0.1, -0.05) is 22.2 Å². The van der Waals surface area contributed by atoms with Crippen LogP contribution in [0.25, 0.3) is 20.7 Å². The molecule has 1 amide bonds. The number of halogens is 1. The fourth-order valence-corrected chi connectivity index (χ4v) is 4.52. The molecular formula is C19H12ClN3O4S2. The molecular weight excluding hydrogens is 434 g/mol. The summed E-state index contributed by atoms with van der Waals surface area (Å²) in [5.41, 5.74) is 1.82. The van der Waals surface area contributed by atoms with Crippen molar-refractivity contribution >= 4 is 62.3 Å². The van der Waals surface area contributed by atoms with E-state index >= 15 is 0 Å². The standard InChI is InChI=1S/C19H12ClN3O4S2/c1-27-14-7-9(2-4-11(14)20)17-16(19(25)26)13(8-28-17)21-18(24)10-3-5-15-12(6-10)22-23-29-15/h2-8H,1H3,(H,21,24)(H,25,26). The maximum atomic E-state index is 12.7. The van der Waals surface area contributed by atoms with Crippen LogP contribution in [-0.2, 0) is 0 Å². The van der Waals surface area contributed by atoms with Crippen molar-refractivity contribution in [3.05, 3.63) is 57.9 Å². The van der Waals surface area contributed by atoms with E-state index in [1.807, 2.05) is 0 Å². The third-order valence-corrected chi connectivity index (χ3v) is 6.22. The van der Waals surface area contributed by atoms with E-state index in [9.17, 15) is 14.7 Å². The van der Waals surface area contributed by atoms with Gasteiger partial charge in [-0.3, -0.25) is 4.79 Å². The number of nitrogens with one attached hydrogen (secondary N) is 1. The second kappa shape index (κ2) is 7.78. The molecule has 0 saturated carbocycles. The van der Waals surface area contributed by atoms with Crippen molar-refractivity contribution in [2.75, 3.05) is 12.4 Å². The highest BCUT2D eigenvalue weighted by atomic mass is 35.5. The zero-order chi connectivity index (χ0) is 20.5. The Balaban J connectivity index is 1.69. The first-order valence-corrected chi connectivity index (χ1v) is 10.2. The number of thiophene rings is 1. The molecule has 2 heterocycles. The van der Waals surface area contributed by atoms with Gasteiger partial charge < -0.3 is 15.2 Å². The lowest BCUT2D eigenvalue weighted by Gasteiger charge is -2.08. The summed E-state index contributed by atoms with van der Waals surface area (Å²) in [5, 5.41) is 18.4. The van der Waals surface area contributed by atoms with Crippen LogP contribution in [0.2, 0.25) is 5.02 Å². The Kier molecular flexibility index (Phi) is 5.18. The summed E-state index contributed by atoms with van der Waals surface area (Å²) < 4.78 is 9.92. The monoisotopic (exact) mass is 445 g/mol. The van der Waals surface area contributed by atoms with E-state index in [1.54, 1.807) is 41.8 Å². The van der Waals surface area contributed by atoms with Crippen LogP contribution in [0.4, 0.5) is 5.69 Å². The van der Waals surface area contributed by atoms with Gasteiger partial charge in [-0.15, -0.1) is 16.4 Å². The van der Waals surface area contributed by atoms with Gasteiger partial charge in [0.05, 0.1) is 27.4 Å². The van der Waals surface area contributed by atoms with Gasteiger partial charge >= 0.3 is 5.97 Å². The Morgan fingerprint density at radius 2 is 2.03 bits per heavy atom. The van der Waals surface area contributed by atoms with Gasteiger partial charge in [0.15, 0.2) is 0 Å². The van der Waals surface area contributed by atoms with Gasteiger partial charge in [0.2, 0.25) is 0 Å². The SMILES string of the molecule is COc1cc(-c2scc(NC(=O)c3ccc4snnc4c3)c2C(=O)O)ccc1Cl. The van der Waals surface area contributed by atoms with E-state index in [0.29, 0.717) is 32.3 Å². The van der Waals surface area contributed by atoms with Crippen molar-refractivity contribution in [1.29, 1.82) is 0 Å². The molecule has 4 aromatic rings. The van der Waals surface area contributed by atoms with Crippen LogP contribution < -0.4 is 10.1 Å². The highest BCUT2D eigenvalue weighted by Gasteiger charge is 2.22. The van der Waals surface area contributed by atoms with Crippen LogP contribution in [0.15, 0.2) is 41.8 Å². The molecule has 2 aromatic heterocycles. The minimum Gasteiger partial charge on any atom is -0.495 e. The van der Waals surface area contributed by atoms with Crippen molar-refractivity contribution < 1.29 is 19.4 Å². The number of nitrogens with zero attached hydrogens (tertiary/aromatic N) is 2. The zero-order valence-corrected chi connectivity index (χ0v) is 17.2. The number of carbonyl (C=O) groups excluding carboxylic acids is 1. The molecule has 0 atom stereocenters.